The largest absolute Gasteiger partial charge is 1.00 e. The first-order valence-electron chi connectivity index (χ1n) is 17.5. The monoisotopic (exact) mass is 603 g/mol. The zero-order valence-corrected chi connectivity index (χ0v) is 28.9. The van der Waals surface area contributed by atoms with Crippen LogP contribution in [-0.2, 0) is 19.1 Å². The van der Waals surface area contributed by atoms with Crippen LogP contribution in [0.4, 0.5) is 0 Å². The topological polar surface area (TPSA) is 52.6 Å². The summed E-state index contributed by atoms with van der Waals surface area (Å²) < 4.78 is 12.1. The number of quaternary nitrogens is 1. The number of hydrogen-bond acceptors (Lipinski definition) is 4. The van der Waals surface area contributed by atoms with Gasteiger partial charge in [0.2, 0.25) is 0 Å². The molecule has 1 atom stereocenters. The van der Waals surface area contributed by atoms with E-state index in [4.69, 9.17) is 9.47 Å². The third-order valence-corrected chi connectivity index (χ3v) is 8.25. The van der Waals surface area contributed by atoms with Gasteiger partial charge in [-0.1, -0.05) is 142 Å². The van der Waals surface area contributed by atoms with Gasteiger partial charge in [-0.2, -0.15) is 0 Å². The summed E-state index contributed by atoms with van der Waals surface area (Å²) in [6.07, 6.45) is 28.3. The number of hydrogen-bond donors (Lipinski definition) is 0. The fourth-order valence-electron chi connectivity index (χ4n) is 5.17. The van der Waals surface area contributed by atoms with Crippen LogP contribution >= 0.6 is 0 Å². The van der Waals surface area contributed by atoms with Crippen molar-refractivity contribution in [2.24, 2.45) is 0 Å². The van der Waals surface area contributed by atoms with Crippen LogP contribution in [0.5, 0.6) is 0 Å². The van der Waals surface area contributed by atoms with E-state index in [9.17, 15) is 9.59 Å². The lowest BCUT2D eigenvalue weighted by Gasteiger charge is -2.31. The van der Waals surface area contributed by atoms with Gasteiger partial charge in [0.1, 0.15) is 13.2 Å². The van der Waals surface area contributed by atoms with Gasteiger partial charge < -0.3 is 26.4 Å². The molecule has 1 unspecified atom stereocenters. The fraction of sp³-hybridized carbons (Fsp3) is 0.943. The number of halogens is 1. The molecule has 0 aromatic carbocycles. The molecule has 0 saturated heterocycles. The van der Waals surface area contributed by atoms with Crippen LogP contribution < -0.4 is 12.4 Å². The number of nitrogens with zero attached hydrogens (tertiary/aromatic N) is 1. The highest BCUT2D eigenvalue weighted by Crippen LogP contribution is 2.14. The summed E-state index contributed by atoms with van der Waals surface area (Å²) in [5.41, 5.74) is 0. The second-order valence-corrected chi connectivity index (χ2v) is 12.8. The van der Waals surface area contributed by atoms with Gasteiger partial charge in [0.15, 0.2) is 6.10 Å². The summed E-state index contributed by atoms with van der Waals surface area (Å²) in [4.78, 5) is 24.9. The van der Waals surface area contributed by atoms with Gasteiger partial charge in [-0.15, -0.1) is 0 Å². The van der Waals surface area contributed by atoms with Gasteiger partial charge in [-0.3, -0.25) is 9.59 Å². The van der Waals surface area contributed by atoms with E-state index >= 15 is 0 Å². The first-order chi connectivity index (χ1) is 19.3. The molecule has 0 amide bonds. The molecule has 0 spiro atoms. The number of unbranched alkanes of at least 4 members (excludes halogenated alkanes) is 20. The third-order valence-electron chi connectivity index (χ3n) is 8.25. The maximum absolute atomic E-state index is 12.5. The molecule has 0 aromatic heterocycles. The lowest BCUT2D eigenvalue weighted by atomic mass is 10.1. The van der Waals surface area contributed by atoms with E-state index in [-0.39, 0.29) is 37.1 Å². The van der Waals surface area contributed by atoms with Crippen LogP contribution in [-0.4, -0.2) is 56.3 Å². The van der Waals surface area contributed by atoms with Crippen LogP contribution in [0.15, 0.2) is 0 Å². The molecule has 0 saturated carbocycles. The summed E-state index contributed by atoms with van der Waals surface area (Å²) >= 11 is 0. The Morgan fingerprint density at radius 1 is 0.537 bits per heavy atom. The molecule has 246 valence electrons. The summed E-state index contributed by atoms with van der Waals surface area (Å²) in [5.74, 6) is -0.317. The van der Waals surface area contributed by atoms with E-state index in [0.29, 0.717) is 19.4 Å². The van der Waals surface area contributed by atoms with Crippen LogP contribution in [0, 0.1) is 0 Å². The van der Waals surface area contributed by atoms with E-state index in [2.05, 4.69) is 34.9 Å². The van der Waals surface area contributed by atoms with Crippen LogP contribution in [0.3, 0.4) is 0 Å². The van der Waals surface area contributed by atoms with Gasteiger partial charge in [0.05, 0.1) is 20.6 Å². The highest BCUT2D eigenvalue weighted by molar-refractivity contribution is 5.70. The predicted molar refractivity (Wildman–Crippen MR) is 171 cm³/mol. The van der Waals surface area contributed by atoms with E-state index in [1.54, 1.807) is 0 Å². The highest BCUT2D eigenvalue weighted by Gasteiger charge is 2.25. The van der Waals surface area contributed by atoms with Crippen molar-refractivity contribution in [3.05, 3.63) is 0 Å². The molecule has 0 bridgehead atoms. The van der Waals surface area contributed by atoms with Gasteiger partial charge in [0.25, 0.3) is 0 Å². The Morgan fingerprint density at radius 2 is 0.878 bits per heavy atom. The van der Waals surface area contributed by atoms with Crippen molar-refractivity contribution in [1.29, 1.82) is 0 Å². The molecule has 0 fully saturated rings. The molecule has 0 aliphatic rings. The minimum atomic E-state index is -0.378. The molecule has 41 heavy (non-hydrogen) atoms. The first kappa shape index (κ1) is 42.3. The van der Waals surface area contributed by atoms with Crippen molar-refractivity contribution >= 4 is 11.9 Å². The standard InChI is InChI=1S/C35H70NO4.ClH/c1-6-9-11-13-15-17-19-21-23-25-27-29-34(37)39-32-33(31-36(4,5)8-3)40-35(38)30-28-26-24-22-20-18-16-14-12-10-7-2;/h33H,6-32H2,1-5H3;1H/q+1;/p-1. The fourth-order valence-corrected chi connectivity index (χ4v) is 5.17. The Kier molecular flexibility index (Phi) is 31.6. The molecule has 0 aliphatic heterocycles. The summed E-state index contributed by atoms with van der Waals surface area (Å²) in [6.45, 7) is 8.41. The number of carbonyl (C=O) groups excluding carboxylic acids is 2. The number of likely N-dealkylation sites (N-methyl/N-ethyl adjacent to an activating group) is 1. The quantitative estimate of drug-likeness (QED) is 0.0507. The van der Waals surface area contributed by atoms with E-state index in [1.807, 2.05) is 0 Å². The molecule has 0 aromatic rings. The molecule has 0 N–H and O–H groups in total. The summed E-state index contributed by atoms with van der Waals surface area (Å²) in [5, 5.41) is 0. The van der Waals surface area contributed by atoms with Crippen molar-refractivity contribution in [3.8, 4) is 0 Å². The van der Waals surface area contributed by atoms with Gasteiger partial charge in [-0.25, -0.2) is 0 Å². The van der Waals surface area contributed by atoms with Crippen molar-refractivity contribution < 1.29 is 36.0 Å². The maximum atomic E-state index is 12.5. The van der Waals surface area contributed by atoms with Crippen molar-refractivity contribution in [2.75, 3.05) is 33.8 Å². The Labute approximate surface area is 262 Å². The Hall–Kier alpha value is -0.810. The number of ether oxygens (including phenoxy) is 2. The summed E-state index contributed by atoms with van der Waals surface area (Å²) in [7, 11) is 4.25. The molecular weight excluding hydrogens is 534 g/mol. The van der Waals surface area contributed by atoms with Gasteiger partial charge in [-0.05, 0) is 19.8 Å². The Morgan fingerprint density at radius 3 is 1.24 bits per heavy atom. The predicted octanol–water partition coefficient (Wildman–Crippen LogP) is 6.94. The second kappa shape index (κ2) is 30.6. The number of esters is 2. The van der Waals surface area contributed by atoms with Crippen LogP contribution in [0.1, 0.15) is 175 Å². The van der Waals surface area contributed by atoms with Gasteiger partial charge >= 0.3 is 11.9 Å². The number of carbonyl (C=O) groups is 2. The highest BCUT2D eigenvalue weighted by atomic mass is 35.5. The SMILES string of the molecule is CCCCCCCCCCCCCC(=O)OCC(C[N+](C)(C)CC)OC(=O)CCCCCCCCCCCCC.[Cl-]. The first-order valence-corrected chi connectivity index (χ1v) is 17.5. The smallest absolute Gasteiger partial charge is 0.306 e. The number of rotatable bonds is 30. The lowest BCUT2D eigenvalue weighted by Crippen LogP contribution is -3.00. The molecule has 6 heteroatoms. The van der Waals surface area contributed by atoms with Crippen molar-refractivity contribution in [3.63, 3.8) is 0 Å². The molecular formula is C35H70ClNO4. The Bertz CT molecular complexity index is 585. The van der Waals surface area contributed by atoms with Crippen LogP contribution in [0.25, 0.3) is 0 Å². The van der Waals surface area contributed by atoms with Crippen LogP contribution in [0.2, 0.25) is 0 Å². The second-order valence-electron chi connectivity index (χ2n) is 12.8. The molecule has 0 heterocycles. The molecule has 5 nitrogen and oxygen atoms in total. The Balaban J connectivity index is 0. The molecule has 0 rings (SSSR count). The average Bonchev–Trinajstić information content (AvgIpc) is 2.93. The zero-order chi connectivity index (χ0) is 29.7. The lowest BCUT2D eigenvalue weighted by molar-refractivity contribution is -0.891. The third kappa shape index (κ3) is 30.5. The average molecular weight is 604 g/mol. The minimum Gasteiger partial charge on any atom is -1.00 e. The normalized spacial score (nSPS) is 12.1. The molecule has 0 aliphatic carbocycles. The van der Waals surface area contributed by atoms with Gasteiger partial charge in [0, 0.05) is 12.8 Å². The minimum absolute atomic E-state index is 0. The zero-order valence-electron chi connectivity index (χ0n) is 28.1. The maximum Gasteiger partial charge on any atom is 0.306 e. The van der Waals surface area contributed by atoms with E-state index in [1.165, 1.54) is 116 Å². The van der Waals surface area contributed by atoms with E-state index < -0.39 is 0 Å². The summed E-state index contributed by atoms with van der Waals surface area (Å²) in [6, 6.07) is 0. The molecule has 0 radical (unpaired) electrons. The van der Waals surface area contributed by atoms with Crippen molar-refractivity contribution in [2.45, 2.75) is 181 Å². The van der Waals surface area contributed by atoms with E-state index in [0.717, 1.165) is 36.7 Å². The van der Waals surface area contributed by atoms with Crippen molar-refractivity contribution in [1.82, 2.24) is 0 Å².